The number of aliphatic imine (C=N–C) groups is 1. The van der Waals surface area contributed by atoms with E-state index in [-0.39, 0.29) is 0 Å². The molecule has 0 spiro atoms. The maximum Gasteiger partial charge on any atom is 0.191 e. The van der Waals surface area contributed by atoms with Gasteiger partial charge in [0.2, 0.25) is 0 Å². The zero-order valence-electron chi connectivity index (χ0n) is 18.8. The van der Waals surface area contributed by atoms with E-state index in [0.717, 1.165) is 36.3 Å². The molecule has 1 aromatic carbocycles. The lowest BCUT2D eigenvalue weighted by molar-refractivity contribution is 0.409. The van der Waals surface area contributed by atoms with E-state index in [1.54, 1.807) is 7.11 Å². The third-order valence-corrected chi connectivity index (χ3v) is 6.06. The Morgan fingerprint density at radius 1 is 1.20 bits per heavy atom. The first-order chi connectivity index (χ1) is 14.6. The largest absolute Gasteiger partial charge is 0.497 e. The van der Waals surface area contributed by atoms with E-state index in [4.69, 9.17) is 9.73 Å². The first-order valence-electron chi connectivity index (χ1n) is 11.1. The molecule has 3 rings (SSSR count). The molecule has 2 N–H and O–H groups in total. The van der Waals surface area contributed by atoms with Crippen LogP contribution in [0.15, 0.2) is 29.3 Å². The van der Waals surface area contributed by atoms with Gasteiger partial charge < -0.3 is 19.9 Å². The second-order valence-corrected chi connectivity index (χ2v) is 8.26. The summed E-state index contributed by atoms with van der Waals surface area (Å²) < 4.78 is 7.25. The average Bonchev–Trinajstić information content (AvgIpc) is 3.10. The van der Waals surface area contributed by atoms with E-state index in [9.17, 15) is 0 Å². The van der Waals surface area contributed by atoms with Gasteiger partial charge in [-0.2, -0.15) is 0 Å². The predicted molar refractivity (Wildman–Crippen MR) is 121 cm³/mol. The summed E-state index contributed by atoms with van der Waals surface area (Å²) in [4.78, 5) is 4.81. The van der Waals surface area contributed by atoms with Crippen LogP contribution in [0.25, 0.3) is 0 Å². The van der Waals surface area contributed by atoms with Crippen LogP contribution in [0.1, 0.15) is 68.6 Å². The summed E-state index contributed by atoms with van der Waals surface area (Å²) in [6, 6.07) is 8.86. The molecule has 7 nitrogen and oxygen atoms in total. The Kier molecular flexibility index (Phi) is 8.11. The molecule has 0 saturated heterocycles. The Labute approximate surface area is 180 Å². The van der Waals surface area contributed by atoms with Crippen molar-refractivity contribution in [1.29, 1.82) is 0 Å². The van der Waals surface area contributed by atoms with E-state index in [2.05, 4.69) is 39.9 Å². The molecule has 1 aliphatic rings. The number of nitrogens with zero attached hydrogens (tertiary/aromatic N) is 4. The summed E-state index contributed by atoms with van der Waals surface area (Å²) in [6.07, 6.45) is 7.39. The first-order valence-corrected chi connectivity index (χ1v) is 11.1. The first kappa shape index (κ1) is 22.1. The van der Waals surface area contributed by atoms with Crippen LogP contribution in [0.3, 0.4) is 0 Å². The van der Waals surface area contributed by atoms with Gasteiger partial charge in [0.1, 0.15) is 18.1 Å². The van der Waals surface area contributed by atoms with Crippen LogP contribution in [-0.4, -0.2) is 40.4 Å². The van der Waals surface area contributed by atoms with Crippen molar-refractivity contribution < 1.29 is 4.74 Å². The highest BCUT2D eigenvalue weighted by Gasteiger charge is 2.15. The number of aromatic nitrogens is 3. The molecule has 1 aliphatic carbocycles. The van der Waals surface area contributed by atoms with Crippen LogP contribution in [0.4, 0.5) is 0 Å². The van der Waals surface area contributed by atoms with Gasteiger partial charge >= 0.3 is 0 Å². The molecule has 30 heavy (non-hydrogen) atoms. The lowest BCUT2D eigenvalue weighted by Crippen LogP contribution is -2.44. The third-order valence-electron chi connectivity index (χ3n) is 6.06. The Morgan fingerprint density at radius 2 is 1.93 bits per heavy atom. The van der Waals surface area contributed by atoms with Crippen molar-refractivity contribution in [3.05, 3.63) is 41.5 Å². The topological polar surface area (TPSA) is 76.4 Å². The lowest BCUT2D eigenvalue weighted by Gasteiger charge is -2.25. The van der Waals surface area contributed by atoms with E-state index < -0.39 is 0 Å². The van der Waals surface area contributed by atoms with Crippen LogP contribution in [0.2, 0.25) is 0 Å². The minimum Gasteiger partial charge on any atom is -0.497 e. The quantitative estimate of drug-likeness (QED) is 0.511. The van der Waals surface area contributed by atoms with Gasteiger partial charge in [-0.1, -0.05) is 38.3 Å². The molecule has 1 fully saturated rings. The number of hydrogen-bond acceptors (Lipinski definition) is 4. The summed E-state index contributed by atoms with van der Waals surface area (Å²) in [6.45, 7) is 5.61. The fourth-order valence-corrected chi connectivity index (χ4v) is 3.84. The number of benzene rings is 1. The number of methoxy groups -OCH3 is 1. The highest BCUT2D eigenvalue weighted by atomic mass is 16.5. The normalized spacial score (nSPS) is 16.3. The number of rotatable bonds is 8. The maximum atomic E-state index is 5.26. The summed E-state index contributed by atoms with van der Waals surface area (Å²) in [5.41, 5.74) is 1.32. The van der Waals surface area contributed by atoms with Crippen LogP contribution < -0.4 is 15.4 Å². The van der Waals surface area contributed by atoms with Crippen molar-refractivity contribution in [2.24, 2.45) is 12.0 Å². The molecule has 2 aromatic rings. The minimum absolute atomic E-state index is 0.459. The fraction of sp³-hybridized carbons (Fsp3) is 0.609. The van der Waals surface area contributed by atoms with Crippen LogP contribution >= 0.6 is 0 Å². The Hall–Kier alpha value is -2.57. The van der Waals surface area contributed by atoms with Crippen molar-refractivity contribution in [3.63, 3.8) is 0 Å². The molecule has 0 radical (unpaired) electrons. The highest BCUT2D eigenvalue weighted by Crippen LogP contribution is 2.21. The van der Waals surface area contributed by atoms with Gasteiger partial charge in [0, 0.05) is 19.6 Å². The van der Waals surface area contributed by atoms with Crippen LogP contribution in [0, 0.1) is 6.92 Å². The monoisotopic (exact) mass is 412 g/mol. The van der Waals surface area contributed by atoms with Gasteiger partial charge in [-0.05, 0) is 49.8 Å². The van der Waals surface area contributed by atoms with Crippen LogP contribution in [0.5, 0.6) is 5.75 Å². The number of aryl methyl sites for hydroxylation is 1. The van der Waals surface area contributed by atoms with E-state index >= 15 is 0 Å². The zero-order chi connectivity index (χ0) is 21.3. The van der Waals surface area contributed by atoms with Crippen molar-refractivity contribution >= 4 is 5.96 Å². The molecule has 7 heteroatoms. The number of ether oxygens (including phenoxy) is 1. The second kappa shape index (κ2) is 11.0. The zero-order valence-corrected chi connectivity index (χ0v) is 18.8. The number of nitrogens with one attached hydrogen (secondary N) is 2. The summed E-state index contributed by atoms with van der Waals surface area (Å²) >= 11 is 0. The Morgan fingerprint density at radius 3 is 2.57 bits per heavy atom. The van der Waals surface area contributed by atoms with Crippen molar-refractivity contribution in [3.8, 4) is 5.75 Å². The SMILES string of the molecule is COc1ccc(C(C)CCNC(=NCc2nnc(C)n2C)NC2CCCCC2)cc1. The van der Waals surface area contributed by atoms with Gasteiger partial charge in [-0.15, -0.1) is 10.2 Å². The average molecular weight is 413 g/mol. The van der Waals surface area contributed by atoms with Gasteiger partial charge in [-0.3, -0.25) is 0 Å². The molecule has 1 atom stereocenters. The summed E-state index contributed by atoms with van der Waals surface area (Å²) in [5.74, 6) is 4.02. The number of hydrogen-bond donors (Lipinski definition) is 2. The molecule has 1 heterocycles. The summed E-state index contributed by atoms with van der Waals surface area (Å²) in [7, 11) is 3.68. The smallest absolute Gasteiger partial charge is 0.191 e. The minimum atomic E-state index is 0.459. The number of guanidine groups is 1. The lowest BCUT2D eigenvalue weighted by atomic mass is 9.96. The third kappa shape index (κ3) is 6.21. The van der Waals surface area contributed by atoms with E-state index in [0.29, 0.717) is 18.5 Å². The molecule has 164 valence electrons. The van der Waals surface area contributed by atoms with Crippen molar-refractivity contribution in [1.82, 2.24) is 25.4 Å². The van der Waals surface area contributed by atoms with Gasteiger partial charge in [0.15, 0.2) is 11.8 Å². The van der Waals surface area contributed by atoms with E-state index in [1.165, 1.54) is 37.7 Å². The molecule has 1 aromatic heterocycles. The summed E-state index contributed by atoms with van der Waals surface area (Å²) in [5, 5.41) is 15.6. The Bertz CT molecular complexity index is 808. The van der Waals surface area contributed by atoms with Crippen molar-refractivity contribution in [2.45, 2.75) is 70.9 Å². The van der Waals surface area contributed by atoms with Crippen molar-refractivity contribution in [2.75, 3.05) is 13.7 Å². The second-order valence-electron chi connectivity index (χ2n) is 8.26. The fourth-order valence-electron chi connectivity index (χ4n) is 3.84. The molecular formula is C23H36N6O. The standard InChI is InChI=1S/C23H36N6O/c1-17(19-10-12-21(30-4)13-11-19)14-15-24-23(26-20-8-6-5-7-9-20)25-16-22-28-27-18(2)29(22)3/h10-13,17,20H,5-9,14-16H2,1-4H3,(H2,24,25,26). The molecule has 0 aliphatic heterocycles. The highest BCUT2D eigenvalue weighted by molar-refractivity contribution is 5.80. The van der Waals surface area contributed by atoms with Crippen LogP contribution in [-0.2, 0) is 13.6 Å². The molecule has 0 bridgehead atoms. The van der Waals surface area contributed by atoms with Gasteiger partial charge in [0.05, 0.1) is 7.11 Å². The molecule has 0 amide bonds. The maximum absolute atomic E-state index is 5.26. The van der Waals surface area contributed by atoms with E-state index in [1.807, 2.05) is 30.7 Å². The molecule has 1 saturated carbocycles. The predicted octanol–water partition coefficient (Wildman–Crippen LogP) is 3.69. The Balaban J connectivity index is 1.57. The molecule has 1 unspecified atom stereocenters. The van der Waals surface area contributed by atoms with Gasteiger partial charge in [0.25, 0.3) is 0 Å². The molecular weight excluding hydrogens is 376 g/mol. The van der Waals surface area contributed by atoms with Gasteiger partial charge in [-0.25, -0.2) is 4.99 Å².